The molecule has 2 N–H and O–H groups in total. The van der Waals surface area contributed by atoms with Crippen LogP contribution in [0, 0.1) is 0 Å². The summed E-state index contributed by atoms with van der Waals surface area (Å²) in [5.41, 5.74) is 7.16. The maximum Gasteiger partial charge on any atom is 0.184 e. The Morgan fingerprint density at radius 2 is 2.28 bits per heavy atom. The molecule has 0 aliphatic heterocycles. The zero-order chi connectivity index (χ0) is 13.0. The van der Waals surface area contributed by atoms with Crippen LogP contribution in [0.2, 0.25) is 5.02 Å². The lowest BCUT2D eigenvalue weighted by molar-refractivity contribution is 0.189. The van der Waals surface area contributed by atoms with Crippen LogP contribution in [0.5, 0.6) is 0 Å². The summed E-state index contributed by atoms with van der Waals surface area (Å²) in [6.07, 6.45) is 0.828. The number of ether oxygens (including phenoxy) is 1. The quantitative estimate of drug-likeness (QED) is 0.658. The van der Waals surface area contributed by atoms with Crippen LogP contribution >= 0.6 is 11.6 Å². The van der Waals surface area contributed by atoms with E-state index in [1.807, 2.05) is 12.1 Å². The van der Waals surface area contributed by atoms with Crippen molar-refractivity contribution < 1.29 is 4.74 Å². The van der Waals surface area contributed by atoms with E-state index in [2.05, 4.69) is 15.5 Å². The highest BCUT2D eigenvalue weighted by atomic mass is 35.5. The zero-order valence-electron chi connectivity index (χ0n) is 10.0. The molecule has 0 amide bonds. The van der Waals surface area contributed by atoms with Gasteiger partial charge in [-0.3, -0.25) is 0 Å². The highest BCUT2D eigenvalue weighted by Crippen LogP contribution is 2.29. The van der Waals surface area contributed by atoms with Gasteiger partial charge in [-0.25, -0.2) is 4.68 Å². The summed E-state index contributed by atoms with van der Waals surface area (Å²) in [6, 6.07) is 5.40. The third-order valence-corrected chi connectivity index (χ3v) is 2.87. The molecule has 1 aromatic carbocycles. The molecule has 96 valence electrons. The van der Waals surface area contributed by atoms with Gasteiger partial charge in [-0.15, -0.1) is 5.10 Å². The molecule has 0 fully saturated rings. The van der Waals surface area contributed by atoms with Crippen molar-refractivity contribution in [1.29, 1.82) is 0 Å². The van der Waals surface area contributed by atoms with Gasteiger partial charge < -0.3 is 10.5 Å². The minimum absolute atomic E-state index is 0.488. The normalized spacial score (nSPS) is 10.8. The molecule has 0 saturated carbocycles. The number of benzene rings is 1. The summed E-state index contributed by atoms with van der Waals surface area (Å²) in [5, 5.41) is 12.1. The number of methoxy groups -OCH3 is 1. The topological polar surface area (TPSA) is 78.8 Å². The van der Waals surface area contributed by atoms with Crippen LogP contribution in [-0.2, 0) is 11.3 Å². The highest BCUT2D eigenvalue weighted by molar-refractivity contribution is 6.33. The number of nitrogen functional groups attached to an aromatic ring is 1. The second-order valence-electron chi connectivity index (χ2n) is 3.77. The molecule has 0 aliphatic carbocycles. The lowest BCUT2D eigenvalue weighted by Gasteiger charge is -2.07. The molecule has 0 radical (unpaired) electrons. The van der Waals surface area contributed by atoms with Crippen molar-refractivity contribution in [1.82, 2.24) is 20.2 Å². The minimum atomic E-state index is 0.488. The van der Waals surface area contributed by atoms with Gasteiger partial charge in [0.05, 0.1) is 10.7 Å². The number of nitrogens with zero attached hydrogens (tertiary/aromatic N) is 4. The number of aryl methyl sites for hydroxylation is 1. The van der Waals surface area contributed by atoms with Crippen LogP contribution in [0.1, 0.15) is 6.42 Å². The van der Waals surface area contributed by atoms with Gasteiger partial charge in [0, 0.05) is 25.8 Å². The first-order valence-corrected chi connectivity index (χ1v) is 5.91. The monoisotopic (exact) mass is 267 g/mol. The summed E-state index contributed by atoms with van der Waals surface area (Å²) in [7, 11) is 1.66. The Bertz CT molecular complexity index is 528. The maximum absolute atomic E-state index is 5.99. The Hall–Kier alpha value is -1.66. The number of para-hydroxylation sites is 1. The Labute approximate surface area is 110 Å². The molecule has 0 aliphatic rings. The van der Waals surface area contributed by atoms with Crippen molar-refractivity contribution in [3.05, 3.63) is 23.2 Å². The fourth-order valence-electron chi connectivity index (χ4n) is 1.64. The number of nitrogens with two attached hydrogens (primary N) is 1. The maximum atomic E-state index is 5.99. The SMILES string of the molecule is COCCCn1nnnc1-c1cccc(Cl)c1N. The lowest BCUT2D eigenvalue weighted by atomic mass is 10.1. The molecule has 1 heterocycles. The Kier molecular flexibility index (Phi) is 4.11. The van der Waals surface area contributed by atoms with Crippen molar-refractivity contribution >= 4 is 17.3 Å². The van der Waals surface area contributed by atoms with E-state index < -0.39 is 0 Å². The molecule has 7 heteroatoms. The second kappa shape index (κ2) is 5.79. The molecular weight excluding hydrogens is 254 g/mol. The zero-order valence-corrected chi connectivity index (χ0v) is 10.8. The average Bonchev–Trinajstić information content (AvgIpc) is 2.81. The van der Waals surface area contributed by atoms with Crippen molar-refractivity contribution in [2.75, 3.05) is 19.5 Å². The number of halogens is 1. The standard InChI is InChI=1S/C11H14ClN5O/c1-18-7-3-6-17-11(14-15-16-17)8-4-2-5-9(12)10(8)13/h2,4-5H,3,6-7,13H2,1H3. The van der Waals surface area contributed by atoms with E-state index >= 15 is 0 Å². The van der Waals surface area contributed by atoms with E-state index in [1.54, 1.807) is 17.9 Å². The van der Waals surface area contributed by atoms with Crippen molar-refractivity contribution in [2.45, 2.75) is 13.0 Å². The van der Waals surface area contributed by atoms with E-state index in [9.17, 15) is 0 Å². The summed E-state index contributed by atoms with van der Waals surface area (Å²) >= 11 is 5.99. The second-order valence-corrected chi connectivity index (χ2v) is 4.18. The van der Waals surface area contributed by atoms with Crippen LogP contribution in [-0.4, -0.2) is 33.9 Å². The largest absolute Gasteiger partial charge is 0.397 e. The van der Waals surface area contributed by atoms with Crippen molar-refractivity contribution in [2.24, 2.45) is 0 Å². The summed E-state index contributed by atoms with van der Waals surface area (Å²) < 4.78 is 6.70. The number of hydrogen-bond acceptors (Lipinski definition) is 5. The number of anilines is 1. The molecule has 0 atom stereocenters. The van der Waals surface area contributed by atoms with Crippen LogP contribution in [0.3, 0.4) is 0 Å². The fourth-order valence-corrected chi connectivity index (χ4v) is 1.81. The summed E-state index contributed by atoms with van der Waals surface area (Å²) in [5.74, 6) is 0.617. The number of rotatable bonds is 5. The molecule has 2 aromatic rings. The van der Waals surface area contributed by atoms with Gasteiger partial charge in [0.2, 0.25) is 0 Å². The predicted octanol–water partition coefficient (Wildman–Crippen LogP) is 1.61. The van der Waals surface area contributed by atoms with Crippen LogP contribution in [0.4, 0.5) is 5.69 Å². The van der Waals surface area contributed by atoms with Crippen LogP contribution in [0.25, 0.3) is 11.4 Å². The van der Waals surface area contributed by atoms with E-state index in [-0.39, 0.29) is 0 Å². The first-order valence-electron chi connectivity index (χ1n) is 5.53. The third kappa shape index (κ3) is 2.60. The van der Waals surface area contributed by atoms with Gasteiger partial charge in [0.25, 0.3) is 0 Å². The van der Waals surface area contributed by atoms with E-state index in [1.165, 1.54) is 0 Å². The number of hydrogen-bond donors (Lipinski definition) is 1. The van der Waals surface area contributed by atoms with Crippen LogP contribution in [0.15, 0.2) is 18.2 Å². The molecule has 1 aromatic heterocycles. The first-order chi connectivity index (χ1) is 8.74. The lowest BCUT2D eigenvalue weighted by Crippen LogP contribution is -2.06. The highest BCUT2D eigenvalue weighted by Gasteiger charge is 2.13. The smallest absolute Gasteiger partial charge is 0.184 e. The van der Waals surface area contributed by atoms with E-state index in [0.29, 0.717) is 29.7 Å². The number of aromatic nitrogens is 4. The Balaban J connectivity index is 2.28. The Morgan fingerprint density at radius 1 is 1.44 bits per heavy atom. The molecule has 0 spiro atoms. The first kappa shape index (κ1) is 12.8. The van der Waals surface area contributed by atoms with Gasteiger partial charge >= 0.3 is 0 Å². The molecule has 2 rings (SSSR count). The van der Waals surface area contributed by atoms with Crippen molar-refractivity contribution in [3.8, 4) is 11.4 Å². The molecule has 0 unspecified atom stereocenters. The molecular formula is C11H14ClN5O. The van der Waals surface area contributed by atoms with Gasteiger partial charge in [0.1, 0.15) is 0 Å². The van der Waals surface area contributed by atoms with Gasteiger partial charge in [-0.05, 0) is 29.0 Å². The van der Waals surface area contributed by atoms with Gasteiger partial charge in [0.15, 0.2) is 5.82 Å². The minimum Gasteiger partial charge on any atom is -0.397 e. The van der Waals surface area contributed by atoms with Crippen molar-refractivity contribution in [3.63, 3.8) is 0 Å². The summed E-state index contributed by atoms with van der Waals surface area (Å²) in [4.78, 5) is 0. The molecule has 0 saturated heterocycles. The average molecular weight is 268 g/mol. The molecule has 6 nitrogen and oxygen atoms in total. The predicted molar refractivity (Wildman–Crippen MR) is 69.2 cm³/mol. The fraction of sp³-hybridized carbons (Fsp3) is 0.364. The molecule has 0 bridgehead atoms. The third-order valence-electron chi connectivity index (χ3n) is 2.54. The number of tetrazole rings is 1. The van der Waals surface area contributed by atoms with E-state index in [4.69, 9.17) is 22.1 Å². The summed E-state index contributed by atoms with van der Waals surface area (Å²) in [6.45, 7) is 1.33. The van der Waals surface area contributed by atoms with E-state index in [0.717, 1.165) is 12.0 Å². The van der Waals surface area contributed by atoms with Crippen LogP contribution < -0.4 is 5.73 Å². The Morgan fingerprint density at radius 3 is 3.06 bits per heavy atom. The van der Waals surface area contributed by atoms with Gasteiger partial charge in [-0.1, -0.05) is 17.7 Å². The van der Waals surface area contributed by atoms with Gasteiger partial charge in [-0.2, -0.15) is 0 Å². The molecule has 18 heavy (non-hydrogen) atoms.